The van der Waals surface area contributed by atoms with Gasteiger partial charge in [0.25, 0.3) is 0 Å². The van der Waals surface area contributed by atoms with Gasteiger partial charge in [-0.25, -0.2) is 0 Å². The fraction of sp³-hybridized carbons (Fsp3) is 0.0455. The molecule has 6 aromatic carbocycles. The van der Waals surface area contributed by atoms with Crippen molar-refractivity contribution in [1.82, 2.24) is 9.13 Å². The number of rotatable bonds is 4. The zero-order chi connectivity index (χ0) is 32.2. The maximum absolute atomic E-state index is 10.7. The minimum Gasteiger partial charge on any atom is -0.309 e. The highest BCUT2D eigenvalue weighted by molar-refractivity contribution is 6.12. The van der Waals surface area contributed by atoms with Crippen LogP contribution in [0.2, 0.25) is 0 Å². The molecule has 0 saturated heterocycles. The number of nitriles is 2. The van der Waals surface area contributed by atoms with Crippen molar-refractivity contribution in [3.05, 3.63) is 162 Å². The first-order chi connectivity index (χ1) is 23.8. The van der Waals surface area contributed by atoms with Crippen LogP contribution in [-0.2, 0) is 6.42 Å². The Kier molecular flexibility index (Phi) is 6.35. The number of fused-ring (bicyclic) bond motifs is 6. The Bertz CT molecular complexity index is 2700. The van der Waals surface area contributed by atoms with Crippen LogP contribution in [0.1, 0.15) is 28.8 Å². The van der Waals surface area contributed by atoms with Gasteiger partial charge in [0, 0.05) is 33.0 Å². The van der Waals surface area contributed by atoms with Crippen molar-refractivity contribution < 1.29 is 0 Å². The van der Waals surface area contributed by atoms with Gasteiger partial charge in [0.15, 0.2) is 0 Å². The number of allylic oxidation sites excluding steroid dienone is 1. The van der Waals surface area contributed by atoms with Gasteiger partial charge in [-0.2, -0.15) is 10.5 Å². The molecule has 0 bridgehead atoms. The summed E-state index contributed by atoms with van der Waals surface area (Å²) in [7, 11) is 0. The number of aromatic nitrogens is 2. The van der Waals surface area contributed by atoms with Crippen molar-refractivity contribution in [2.24, 2.45) is 0 Å². The molecule has 1 aliphatic carbocycles. The molecule has 0 saturated carbocycles. The minimum absolute atomic E-state index is 0.587. The predicted molar refractivity (Wildman–Crippen MR) is 195 cm³/mol. The number of benzene rings is 6. The fourth-order valence-corrected chi connectivity index (χ4v) is 7.67. The van der Waals surface area contributed by atoms with Crippen molar-refractivity contribution in [3.63, 3.8) is 0 Å². The lowest BCUT2D eigenvalue weighted by Crippen LogP contribution is -2.02. The zero-order valence-corrected chi connectivity index (χ0v) is 26.1. The van der Waals surface area contributed by atoms with Gasteiger partial charge in [-0.1, -0.05) is 97.1 Å². The van der Waals surface area contributed by atoms with E-state index in [1.165, 1.54) is 22.2 Å². The molecule has 1 aliphatic rings. The summed E-state index contributed by atoms with van der Waals surface area (Å²) in [5.74, 6) is 0. The first kappa shape index (κ1) is 27.7. The van der Waals surface area contributed by atoms with Gasteiger partial charge in [-0.3, -0.25) is 0 Å². The van der Waals surface area contributed by atoms with Crippen LogP contribution in [-0.4, -0.2) is 9.13 Å². The molecule has 0 radical (unpaired) electrons. The van der Waals surface area contributed by atoms with E-state index in [4.69, 9.17) is 0 Å². The Balaban J connectivity index is 1.24. The third kappa shape index (κ3) is 4.07. The largest absolute Gasteiger partial charge is 0.309 e. The molecule has 0 N–H and O–H groups in total. The molecule has 0 atom stereocenters. The van der Waals surface area contributed by atoms with E-state index in [0.29, 0.717) is 11.1 Å². The van der Waals surface area contributed by atoms with E-state index < -0.39 is 0 Å². The zero-order valence-electron chi connectivity index (χ0n) is 26.1. The van der Waals surface area contributed by atoms with Crippen LogP contribution in [0.4, 0.5) is 0 Å². The Morgan fingerprint density at radius 2 is 1.19 bits per heavy atom. The van der Waals surface area contributed by atoms with Gasteiger partial charge in [0.2, 0.25) is 0 Å². The number of aryl methyl sites for hydroxylation is 1. The molecule has 2 heterocycles. The summed E-state index contributed by atoms with van der Waals surface area (Å²) in [5.41, 5.74) is 12.9. The van der Waals surface area contributed by atoms with Gasteiger partial charge in [-0.05, 0) is 78.1 Å². The van der Waals surface area contributed by atoms with E-state index in [2.05, 4.69) is 112 Å². The molecule has 0 fully saturated rings. The third-order valence-corrected chi connectivity index (χ3v) is 9.70. The second-order valence-corrected chi connectivity index (χ2v) is 12.2. The molecule has 0 aliphatic heterocycles. The van der Waals surface area contributed by atoms with Gasteiger partial charge < -0.3 is 9.13 Å². The monoisotopic (exact) mass is 612 g/mol. The minimum atomic E-state index is 0.587. The molecule has 48 heavy (non-hydrogen) atoms. The van der Waals surface area contributed by atoms with Crippen molar-refractivity contribution in [2.75, 3.05) is 0 Å². The van der Waals surface area contributed by atoms with Crippen LogP contribution < -0.4 is 0 Å². The lowest BCUT2D eigenvalue weighted by atomic mass is 9.94. The molecular weight excluding hydrogens is 585 g/mol. The first-order valence-electron chi connectivity index (χ1n) is 16.2. The average molecular weight is 613 g/mol. The molecule has 2 aromatic heterocycles. The maximum atomic E-state index is 10.7. The second-order valence-electron chi connectivity index (χ2n) is 12.2. The Morgan fingerprint density at radius 1 is 0.542 bits per heavy atom. The molecule has 4 heteroatoms. The summed E-state index contributed by atoms with van der Waals surface area (Å²) < 4.78 is 4.53. The van der Waals surface area contributed by atoms with Crippen molar-refractivity contribution >= 4 is 38.8 Å². The third-order valence-electron chi connectivity index (χ3n) is 9.70. The van der Waals surface area contributed by atoms with E-state index in [0.717, 1.165) is 68.3 Å². The van der Waals surface area contributed by atoms with E-state index in [1.807, 2.05) is 54.6 Å². The number of nitrogens with zero attached hydrogens (tertiary/aromatic N) is 4. The standard InChI is InChI=1S/C44H28N4/c45-27-31-14-10-25-43-44(31)36-18-4-8-23-41(36)48(43)42-24-11-19-32(37(42)28-46)29-12-9-13-30(26-29)33-15-1-5-20-38(33)47-39-21-6-2-16-34(39)35-17-3-7-22-40(35)47/h1-2,4-16,18-26H,3,17H2. The normalized spacial score (nSPS) is 12.3. The van der Waals surface area contributed by atoms with E-state index in [-0.39, 0.29) is 0 Å². The Morgan fingerprint density at radius 3 is 2.02 bits per heavy atom. The number of hydrogen-bond donors (Lipinski definition) is 0. The quantitative estimate of drug-likeness (QED) is 0.199. The summed E-state index contributed by atoms with van der Waals surface area (Å²) in [4.78, 5) is 0. The Hall–Kier alpha value is -6.62. The van der Waals surface area contributed by atoms with E-state index >= 15 is 0 Å². The van der Waals surface area contributed by atoms with Crippen molar-refractivity contribution in [2.45, 2.75) is 12.8 Å². The smallest absolute Gasteiger partial charge is 0.102 e. The van der Waals surface area contributed by atoms with Crippen molar-refractivity contribution in [3.8, 4) is 45.8 Å². The highest BCUT2D eigenvalue weighted by Gasteiger charge is 2.22. The van der Waals surface area contributed by atoms with Crippen LogP contribution in [0.25, 0.3) is 72.4 Å². The van der Waals surface area contributed by atoms with E-state index in [9.17, 15) is 10.5 Å². The van der Waals surface area contributed by atoms with E-state index in [1.54, 1.807) is 0 Å². The molecule has 0 unspecified atom stereocenters. The van der Waals surface area contributed by atoms with Crippen LogP contribution in [0.15, 0.2) is 140 Å². The fourth-order valence-electron chi connectivity index (χ4n) is 7.67. The average Bonchev–Trinajstić information content (AvgIpc) is 3.67. The van der Waals surface area contributed by atoms with Crippen LogP contribution in [0.5, 0.6) is 0 Å². The summed E-state index contributed by atoms with van der Waals surface area (Å²) in [6.07, 6.45) is 6.63. The predicted octanol–water partition coefficient (Wildman–Crippen LogP) is 10.8. The highest BCUT2D eigenvalue weighted by Crippen LogP contribution is 2.40. The van der Waals surface area contributed by atoms with Crippen LogP contribution in [0.3, 0.4) is 0 Å². The molecule has 4 nitrogen and oxygen atoms in total. The maximum Gasteiger partial charge on any atom is 0.102 e. The molecule has 224 valence electrons. The van der Waals surface area contributed by atoms with Gasteiger partial charge >= 0.3 is 0 Å². The molecular formula is C44H28N4. The van der Waals surface area contributed by atoms with Crippen LogP contribution >= 0.6 is 0 Å². The van der Waals surface area contributed by atoms with Crippen LogP contribution in [0, 0.1) is 22.7 Å². The number of hydrogen-bond acceptors (Lipinski definition) is 2. The highest BCUT2D eigenvalue weighted by atomic mass is 15.0. The molecule has 0 amide bonds. The van der Waals surface area contributed by atoms with Gasteiger partial charge in [-0.15, -0.1) is 0 Å². The first-order valence-corrected chi connectivity index (χ1v) is 16.2. The second kappa shape index (κ2) is 11.0. The molecule has 0 spiro atoms. The lowest BCUT2D eigenvalue weighted by Gasteiger charge is -2.17. The lowest BCUT2D eigenvalue weighted by molar-refractivity contribution is 0.968. The topological polar surface area (TPSA) is 57.4 Å². The number of para-hydroxylation sites is 3. The summed E-state index contributed by atoms with van der Waals surface area (Å²) >= 11 is 0. The van der Waals surface area contributed by atoms with Gasteiger partial charge in [0.05, 0.1) is 45.1 Å². The SMILES string of the molecule is N#Cc1c(-c2cccc(-c3ccccc3-n3c4c(c5ccccc53)CCC=C4)c2)cccc1-n1c2ccccc2c2c(C#N)cccc21. The van der Waals surface area contributed by atoms with Gasteiger partial charge in [0.1, 0.15) is 6.07 Å². The Labute approximate surface area is 278 Å². The summed E-state index contributed by atoms with van der Waals surface area (Å²) in [5, 5.41) is 23.9. The van der Waals surface area contributed by atoms with Crippen molar-refractivity contribution in [1.29, 1.82) is 10.5 Å². The summed E-state index contributed by atoms with van der Waals surface area (Å²) in [6, 6.07) is 50.7. The molecule has 8 aromatic rings. The summed E-state index contributed by atoms with van der Waals surface area (Å²) in [6.45, 7) is 0. The molecule has 9 rings (SSSR count).